The first-order chi connectivity index (χ1) is 9.79. The minimum absolute atomic E-state index is 0. The molecule has 0 fully saturated rings. The van der Waals surface area contributed by atoms with Crippen molar-refractivity contribution in [2.75, 3.05) is 7.11 Å². The van der Waals surface area contributed by atoms with Crippen molar-refractivity contribution in [3.8, 4) is 5.75 Å². The largest absolute Gasteiger partial charge is 1.00 e. The molecule has 1 aromatic heterocycles. The van der Waals surface area contributed by atoms with E-state index in [-0.39, 0.29) is 37.2 Å². The van der Waals surface area contributed by atoms with E-state index in [2.05, 4.69) is 4.98 Å². The van der Waals surface area contributed by atoms with Crippen LogP contribution in [0.3, 0.4) is 0 Å². The van der Waals surface area contributed by atoms with Crippen LogP contribution in [0.2, 0.25) is 0 Å². The van der Waals surface area contributed by atoms with E-state index in [1.165, 1.54) is 0 Å². The van der Waals surface area contributed by atoms with Crippen molar-refractivity contribution in [3.63, 3.8) is 0 Å². The van der Waals surface area contributed by atoms with E-state index in [1.807, 2.05) is 41.5 Å². The van der Waals surface area contributed by atoms with Gasteiger partial charge in [-0.3, -0.25) is 4.98 Å². The zero-order chi connectivity index (χ0) is 16.0. The van der Waals surface area contributed by atoms with Gasteiger partial charge in [0, 0.05) is 24.5 Å². The molecule has 1 aromatic rings. The summed E-state index contributed by atoms with van der Waals surface area (Å²) in [6.45, 7) is 9.56. The van der Waals surface area contributed by atoms with Crippen molar-refractivity contribution < 1.29 is 37.6 Å². The number of ether oxygens (including phenoxy) is 1. The molecular weight excluding hydrogens is 276 g/mol. The van der Waals surface area contributed by atoms with Crippen LogP contribution in [0.4, 0.5) is 0 Å². The summed E-state index contributed by atoms with van der Waals surface area (Å²) in [5.74, 6) is 0.693. The number of nitrogens with zero attached hydrogens (tertiary/aromatic N) is 1. The molecule has 0 saturated heterocycles. The Kier molecular flexibility index (Phi) is 9.37. The van der Waals surface area contributed by atoms with Crippen LogP contribution < -0.4 is 29.2 Å². The van der Waals surface area contributed by atoms with Gasteiger partial charge in [-0.05, 0) is 59.3 Å². The summed E-state index contributed by atoms with van der Waals surface area (Å²) in [5, 5.41) is 0. The summed E-state index contributed by atoms with van der Waals surface area (Å²) in [5.41, 5.74) is 0.602. The normalized spacial score (nSPS) is 11.9. The van der Waals surface area contributed by atoms with E-state index < -0.39 is 6.75 Å². The van der Waals surface area contributed by atoms with Crippen LogP contribution in [0.15, 0.2) is 18.3 Å². The Balaban J connectivity index is 0.00000441. The first-order valence-corrected chi connectivity index (χ1v) is 7.46. The van der Waals surface area contributed by atoms with E-state index in [9.17, 15) is 0 Å². The van der Waals surface area contributed by atoms with Gasteiger partial charge in [-0.15, -0.1) is 0 Å². The smallest absolute Gasteiger partial charge is 0.538 e. The van der Waals surface area contributed by atoms with Crippen LogP contribution in [-0.4, -0.2) is 37.2 Å². The second kappa shape index (κ2) is 9.59. The molecule has 0 aliphatic heterocycles. The fourth-order valence-corrected chi connectivity index (χ4v) is 2.13. The molecule has 0 atom stereocenters. The Morgan fingerprint density at radius 3 is 1.73 bits per heavy atom. The van der Waals surface area contributed by atoms with Gasteiger partial charge in [0.2, 0.25) is 0 Å². The molecule has 0 aliphatic rings. The quantitative estimate of drug-likeness (QED) is 0.607. The van der Waals surface area contributed by atoms with Crippen LogP contribution in [0.5, 0.6) is 5.75 Å². The van der Waals surface area contributed by atoms with Gasteiger partial charge in [0.25, 0.3) is 0 Å². The molecular formula is C15H27BLiNO4. The van der Waals surface area contributed by atoms with E-state index in [1.54, 1.807) is 25.4 Å². The number of aromatic nitrogens is 1. The van der Waals surface area contributed by atoms with Gasteiger partial charge >= 0.3 is 25.6 Å². The summed E-state index contributed by atoms with van der Waals surface area (Å²) in [6, 6.07) is 3.58. The predicted molar refractivity (Wildman–Crippen MR) is 84.8 cm³/mol. The van der Waals surface area contributed by atoms with E-state index >= 15 is 0 Å². The molecule has 0 spiro atoms. The molecule has 7 heteroatoms. The molecule has 0 aliphatic carbocycles. The molecule has 120 valence electrons. The Morgan fingerprint density at radius 2 is 1.36 bits per heavy atom. The molecule has 22 heavy (non-hydrogen) atoms. The van der Waals surface area contributed by atoms with Gasteiger partial charge in [-0.1, -0.05) is 0 Å². The second-order valence-corrected chi connectivity index (χ2v) is 5.82. The Morgan fingerprint density at radius 1 is 0.909 bits per heavy atom. The molecule has 5 nitrogen and oxygen atoms in total. The Labute approximate surface area is 146 Å². The third-order valence-electron chi connectivity index (χ3n) is 2.70. The monoisotopic (exact) mass is 303 g/mol. The predicted octanol–water partition coefficient (Wildman–Crippen LogP) is -0.485. The van der Waals surface area contributed by atoms with E-state index in [0.717, 1.165) is 0 Å². The Bertz CT molecular complexity index is 417. The second-order valence-electron chi connectivity index (χ2n) is 5.82. The third kappa shape index (κ3) is 6.31. The number of pyridine rings is 1. The molecule has 0 unspecified atom stereocenters. The molecule has 0 N–H and O–H groups in total. The summed E-state index contributed by atoms with van der Waals surface area (Å²) in [7, 11) is 1.61. The van der Waals surface area contributed by atoms with Gasteiger partial charge < -0.3 is 18.7 Å². The molecule has 0 aromatic carbocycles. The van der Waals surface area contributed by atoms with Crippen LogP contribution in [-0.2, 0) is 14.0 Å². The first-order valence-electron chi connectivity index (χ1n) is 7.46. The molecule has 0 radical (unpaired) electrons. The zero-order valence-corrected chi connectivity index (χ0v) is 15.1. The van der Waals surface area contributed by atoms with E-state index in [0.29, 0.717) is 11.3 Å². The van der Waals surface area contributed by atoms with Crippen molar-refractivity contribution in [1.29, 1.82) is 0 Å². The molecule has 1 heterocycles. The maximum absolute atomic E-state index is 6.05. The average Bonchev–Trinajstić information content (AvgIpc) is 2.36. The number of rotatable bonds is 8. The minimum atomic E-state index is -2.13. The average molecular weight is 303 g/mol. The van der Waals surface area contributed by atoms with Crippen molar-refractivity contribution in [3.05, 3.63) is 18.3 Å². The zero-order valence-electron chi connectivity index (χ0n) is 15.1. The Hall–Kier alpha value is -0.508. The summed E-state index contributed by atoms with van der Waals surface area (Å²) < 4.78 is 23.4. The number of methoxy groups -OCH3 is 1. The van der Waals surface area contributed by atoms with Crippen LogP contribution in [0, 0.1) is 0 Å². The maximum Gasteiger partial charge on any atom is 1.00 e. The topological polar surface area (TPSA) is 49.8 Å². The fourth-order valence-electron chi connectivity index (χ4n) is 2.13. The first kappa shape index (κ1) is 21.5. The van der Waals surface area contributed by atoms with Gasteiger partial charge in [0.05, 0.1) is 7.11 Å². The van der Waals surface area contributed by atoms with E-state index in [4.69, 9.17) is 18.7 Å². The molecule has 0 amide bonds. The molecule has 1 rings (SSSR count). The van der Waals surface area contributed by atoms with Crippen molar-refractivity contribution in [1.82, 2.24) is 4.98 Å². The van der Waals surface area contributed by atoms with Crippen LogP contribution in [0.25, 0.3) is 0 Å². The van der Waals surface area contributed by atoms with Gasteiger partial charge in [-0.2, -0.15) is 0 Å². The summed E-state index contributed by atoms with van der Waals surface area (Å²) in [4.78, 5) is 4.39. The fraction of sp³-hybridized carbons (Fsp3) is 0.667. The number of hydrogen-bond acceptors (Lipinski definition) is 5. The van der Waals surface area contributed by atoms with Gasteiger partial charge in [-0.25, -0.2) is 0 Å². The van der Waals surface area contributed by atoms with Crippen molar-refractivity contribution in [2.24, 2.45) is 0 Å². The van der Waals surface area contributed by atoms with Gasteiger partial charge in [0.15, 0.2) is 0 Å². The van der Waals surface area contributed by atoms with Crippen LogP contribution in [0.1, 0.15) is 41.5 Å². The summed E-state index contributed by atoms with van der Waals surface area (Å²) >= 11 is 0. The maximum atomic E-state index is 6.05. The van der Waals surface area contributed by atoms with Crippen molar-refractivity contribution in [2.45, 2.75) is 59.9 Å². The standard InChI is InChI=1S/C15H27BNO4.Li/c1-11(2)19-16(20-12(3)4,21-13(5)6)15-10-14(18-7)8-9-17-15;/h8-13H,1-7H3;/q-1;+1. The number of hydrogen-bond donors (Lipinski definition) is 0. The molecule has 0 saturated carbocycles. The SMILES string of the molecule is COc1ccnc([B-](OC(C)C)(OC(C)C)OC(C)C)c1.[Li+]. The van der Waals surface area contributed by atoms with Crippen molar-refractivity contribution >= 4 is 12.3 Å². The van der Waals surface area contributed by atoms with Crippen LogP contribution >= 0.6 is 0 Å². The third-order valence-corrected chi connectivity index (χ3v) is 2.70. The molecule has 0 bridgehead atoms. The summed E-state index contributed by atoms with van der Waals surface area (Å²) in [6.07, 6.45) is 1.49. The van der Waals surface area contributed by atoms with Gasteiger partial charge in [0.1, 0.15) is 5.75 Å². The minimum Gasteiger partial charge on any atom is -0.538 e.